The lowest BCUT2D eigenvalue weighted by molar-refractivity contribution is 0.0681. The fourth-order valence-electron chi connectivity index (χ4n) is 1.94. The minimum Gasteiger partial charge on any atom is -0.382 e. The topological polar surface area (TPSA) is 39.2 Å². The molecular weight excluding hydrogens is 394 g/mol. The standard InChI is InChI=1S/C13H16FIN2O2S/c1-18-5-6-19-4-2-3-17-12-7-9(14)10(15)8-11(12)16-13(17)20/h7-8H,2-6H2,1H3,(H,16,20). The van der Waals surface area contributed by atoms with Crippen molar-refractivity contribution in [3.63, 3.8) is 0 Å². The van der Waals surface area contributed by atoms with Crippen LogP contribution < -0.4 is 0 Å². The van der Waals surface area contributed by atoms with E-state index in [1.165, 1.54) is 6.07 Å². The Balaban J connectivity index is 2.04. The van der Waals surface area contributed by atoms with Gasteiger partial charge in [0.2, 0.25) is 0 Å². The molecule has 0 aliphatic carbocycles. The van der Waals surface area contributed by atoms with Crippen LogP contribution in [0, 0.1) is 14.2 Å². The maximum atomic E-state index is 13.7. The molecule has 0 unspecified atom stereocenters. The molecule has 0 aliphatic heterocycles. The van der Waals surface area contributed by atoms with Crippen molar-refractivity contribution < 1.29 is 13.9 Å². The monoisotopic (exact) mass is 410 g/mol. The van der Waals surface area contributed by atoms with E-state index in [1.54, 1.807) is 13.2 Å². The molecule has 0 saturated carbocycles. The lowest BCUT2D eigenvalue weighted by Crippen LogP contribution is -2.06. The van der Waals surface area contributed by atoms with E-state index in [-0.39, 0.29) is 5.82 Å². The Morgan fingerprint density at radius 1 is 1.35 bits per heavy atom. The Morgan fingerprint density at radius 3 is 2.90 bits per heavy atom. The van der Waals surface area contributed by atoms with Crippen LogP contribution in [0.4, 0.5) is 4.39 Å². The summed E-state index contributed by atoms with van der Waals surface area (Å²) in [4.78, 5) is 3.10. The van der Waals surface area contributed by atoms with Crippen LogP contribution in [0.3, 0.4) is 0 Å². The third kappa shape index (κ3) is 3.78. The molecule has 7 heteroatoms. The molecule has 2 aromatic rings. The van der Waals surface area contributed by atoms with Crippen molar-refractivity contribution in [2.24, 2.45) is 0 Å². The summed E-state index contributed by atoms with van der Waals surface area (Å²) in [6.45, 7) is 2.51. The normalized spacial score (nSPS) is 11.3. The van der Waals surface area contributed by atoms with Gasteiger partial charge >= 0.3 is 0 Å². The summed E-state index contributed by atoms with van der Waals surface area (Å²) in [7, 11) is 1.64. The molecule has 1 heterocycles. The Labute approximate surface area is 135 Å². The highest BCUT2D eigenvalue weighted by Crippen LogP contribution is 2.20. The van der Waals surface area contributed by atoms with Gasteiger partial charge < -0.3 is 19.0 Å². The highest BCUT2D eigenvalue weighted by Gasteiger charge is 2.08. The van der Waals surface area contributed by atoms with Gasteiger partial charge in [0, 0.05) is 26.3 Å². The number of halogens is 2. The van der Waals surface area contributed by atoms with Gasteiger partial charge in [0.25, 0.3) is 0 Å². The van der Waals surface area contributed by atoms with Gasteiger partial charge in [0.1, 0.15) is 5.82 Å². The molecule has 2 rings (SSSR count). The molecule has 1 aromatic carbocycles. The Hall–Kier alpha value is -0.510. The molecular formula is C13H16FIN2O2S. The number of hydrogen-bond donors (Lipinski definition) is 1. The number of aromatic nitrogens is 2. The fourth-order valence-corrected chi connectivity index (χ4v) is 2.71. The molecule has 1 aromatic heterocycles. The summed E-state index contributed by atoms with van der Waals surface area (Å²) in [6.07, 6.45) is 0.818. The predicted molar refractivity (Wildman–Crippen MR) is 87.1 cm³/mol. The number of fused-ring (bicyclic) bond motifs is 1. The van der Waals surface area contributed by atoms with E-state index in [9.17, 15) is 4.39 Å². The molecule has 0 bridgehead atoms. The lowest BCUT2D eigenvalue weighted by Gasteiger charge is -2.06. The number of rotatable bonds is 7. The number of aromatic amines is 1. The van der Waals surface area contributed by atoms with Gasteiger partial charge in [-0.05, 0) is 47.3 Å². The lowest BCUT2D eigenvalue weighted by atomic mass is 10.3. The summed E-state index contributed by atoms with van der Waals surface area (Å²) < 4.78 is 27.1. The minimum absolute atomic E-state index is 0.225. The molecule has 0 atom stereocenters. The zero-order chi connectivity index (χ0) is 14.5. The first-order valence-corrected chi connectivity index (χ1v) is 7.76. The maximum absolute atomic E-state index is 13.7. The number of imidazole rings is 1. The summed E-state index contributed by atoms with van der Waals surface area (Å²) in [5.41, 5.74) is 1.66. The zero-order valence-corrected chi connectivity index (χ0v) is 14.1. The van der Waals surface area contributed by atoms with Crippen molar-refractivity contribution in [1.29, 1.82) is 0 Å². The van der Waals surface area contributed by atoms with Crippen LogP contribution >= 0.6 is 34.8 Å². The van der Waals surface area contributed by atoms with Crippen molar-refractivity contribution in [2.75, 3.05) is 26.9 Å². The van der Waals surface area contributed by atoms with Crippen molar-refractivity contribution in [1.82, 2.24) is 9.55 Å². The smallest absolute Gasteiger partial charge is 0.178 e. The third-order valence-corrected chi connectivity index (χ3v) is 4.07. The number of methoxy groups -OCH3 is 1. The second-order valence-corrected chi connectivity index (χ2v) is 5.87. The van der Waals surface area contributed by atoms with E-state index in [4.69, 9.17) is 21.7 Å². The number of benzene rings is 1. The van der Waals surface area contributed by atoms with Gasteiger partial charge in [-0.25, -0.2) is 4.39 Å². The summed E-state index contributed by atoms with van der Waals surface area (Å²) in [6, 6.07) is 3.29. The van der Waals surface area contributed by atoms with Crippen LogP contribution in [0.25, 0.3) is 11.0 Å². The van der Waals surface area contributed by atoms with E-state index in [0.717, 1.165) is 17.5 Å². The first kappa shape index (κ1) is 15.9. The minimum atomic E-state index is -0.225. The first-order chi connectivity index (χ1) is 9.63. The number of ether oxygens (including phenoxy) is 2. The van der Waals surface area contributed by atoms with E-state index in [2.05, 4.69) is 4.98 Å². The highest BCUT2D eigenvalue weighted by molar-refractivity contribution is 14.1. The molecule has 1 N–H and O–H groups in total. The molecule has 110 valence electrons. The number of hydrogen-bond acceptors (Lipinski definition) is 3. The van der Waals surface area contributed by atoms with E-state index in [1.807, 2.05) is 27.2 Å². The van der Waals surface area contributed by atoms with Crippen molar-refractivity contribution >= 4 is 45.8 Å². The van der Waals surface area contributed by atoms with Crippen LogP contribution in [0.1, 0.15) is 6.42 Å². The van der Waals surface area contributed by atoms with Gasteiger partial charge in [-0.3, -0.25) is 0 Å². The number of H-pyrrole nitrogens is 1. The average molecular weight is 410 g/mol. The van der Waals surface area contributed by atoms with Crippen LogP contribution in [-0.2, 0) is 16.0 Å². The molecule has 0 amide bonds. The number of nitrogens with zero attached hydrogens (tertiary/aromatic N) is 1. The van der Waals surface area contributed by atoms with Gasteiger partial charge in [0.15, 0.2) is 4.77 Å². The SMILES string of the molecule is COCCOCCCn1c(=S)[nH]c2cc(I)c(F)cc21. The second kappa shape index (κ2) is 7.48. The van der Waals surface area contributed by atoms with Crippen LogP contribution in [0.5, 0.6) is 0 Å². The Kier molecular flexibility index (Phi) is 5.94. The predicted octanol–water partition coefficient (Wildman–Crippen LogP) is 3.50. The molecule has 0 aliphatic rings. The Bertz CT molecular complexity index is 641. The van der Waals surface area contributed by atoms with Gasteiger partial charge in [0.05, 0.1) is 27.8 Å². The number of nitrogens with one attached hydrogen (secondary N) is 1. The summed E-state index contributed by atoms with van der Waals surface area (Å²) in [5, 5.41) is 0. The van der Waals surface area contributed by atoms with Crippen molar-refractivity contribution in [2.45, 2.75) is 13.0 Å². The van der Waals surface area contributed by atoms with Crippen LogP contribution in [-0.4, -0.2) is 36.5 Å². The van der Waals surface area contributed by atoms with Crippen molar-refractivity contribution in [3.05, 3.63) is 26.3 Å². The highest BCUT2D eigenvalue weighted by atomic mass is 127. The molecule has 20 heavy (non-hydrogen) atoms. The molecule has 0 radical (unpaired) electrons. The molecule has 0 spiro atoms. The fraction of sp³-hybridized carbons (Fsp3) is 0.462. The first-order valence-electron chi connectivity index (χ1n) is 6.27. The summed E-state index contributed by atoms with van der Waals surface area (Å²) in [5.74, 6) is -0.225. The maximum Gasteiger partial charge on any atom is 0.178 e. The molecule has 0 fully saturated rings. The van der Waals surface area contributed by atoms with Crippen LogP contribution in [0.2, 0.25) is 0 Å². The van der Waals surface area contributed by atoms with E-state index >= 15 is 0 Å². The van der Waals surface area contributed by atoms with Gasteiger partial charge in [-0.2, -0.15) is 0 Å². The van der Waals surface area contributed by atoms with E-state index < -0.39 is 0 Å². The van der Waals surface area contributed by atoms with Gasteiger partial charge in [-0.15, -0.1) is 0 Å². The second-order valence-electron chi connectivity index (χ2n) is 4.32. The molecule has 4 nitrogen and oxygen atoms in total. The third-order valence-electron chi connectivity index (χ3n) is 2.92. The van der Waals surface area contributed by atoms with Crippen LogP contribution in [0.15, 0.2) is 12.1 Å². The molecule has 0 saturated heterocycles. The quantitative estimate of drug-likeness (QED) is 0.432. The van der Waals surface area contributed by atoms with E-state index in [0.29, 0.717) is 34.7 Å². The largest absolute Gasteiger partial charge is 0.382 e. The van der Waals surface area contributed by atoms with Crippen molar-refractivity contribution in [3.8, 4) is 0 Å². The Morgan fingerprint density at radius 2 is 2.15 bits per heavy atom. The average Bonchev–Trinajstić information content (AvgIpc) is 2.70. The summed E-state index contributed by atoms with van der Waals surface area (Å²) >= 11 is 7.25. The van der Waals surface area contributed by atoms with Gasteiger partial charge in [-0.1, -0.05) is 0 Å². The number of aryl methyl sites for hydroxylation is 1. The zero-order valence-electron chi connectivity index (χ0n) is 11.1.